The maximum Gasteiger partial charge on any atom is 0.322 e. The Morgan fingerprint density at radius 1 is 1.45 bits per heavy atom. The fourth-order valence-corrected chi connectivity index (χ4v) is 1.55. The number of para-hydroxylation sites is 2. The molecule has 0 saturated carbocycles. The van der Waals surface area contributed by atoms with Crippen LogP contribution in [0.2, 0.25) is 0 Å². The van der Waals surface area contributed by atoms with Crippen LogP contribution in [-0.4, -0.2) is 42.3 Å². The molecule has 0 fully saturated rings. The summed E-state index contributed by atoms with van der Waals surface area (Å²) in [7, 11) is 1.65. The van der Waals surface area contributed by atoms with Crippen molar-refractivity contribution in [1.82, 2.24) is 4.90 Å². The molecule has 1 aromatic rings. The second kappa shape index (κ2) is 8.43. The summed E-state index contributed by atoms with van der Waals surface area (Å²) in [6.45, 7) is 4.44. The first-order valence-corrected chi connectivity index (χ1v) is 6.96. The molecule has 1 unspecified atom stereocenters. The highest BCUT2D eigenvalue weighted by molar-refractivity contribution is 5.91. The summed E-state index contributed by atoms with van der Waals surface area (Å²) in [5.41, 5.74) is 0.644. The lowest BCUT2D eigenvalue weighted by Crippen LogP contribution is -2.40. The van der Waals surface area contributed by atoms with Gasteiger partial charge in [-0.2, -0.15) is 0 Å². The molecule has 2 N–H and O–H groups in total. The number of unbranched alkanes of at least 4 members (excludes halogenated alkanes) is 1. The molecule has 0 bridgehead atoms. The third-order valence-electron chi connectivity index (χ3n) is 3.13. The normalized spacial score (nSPS) is 11.8. The zero-order chi connectivity index (χ0) is 15.0. The largest absolute Gasteiger partial charge is 0.491 e. The van der Waals surface area contributed by atoms with Gasteiger partial charge in [0.1, 0.15) is 5.75 Å². The van der Waals surface area contributed by atoms with Crippen molar-refractivity contribution < 1.29 is 14.6 Å². The first-order valence-electron chi connectivity index (χ1n) is 6.96. The number of nitrogens with zero attached hydrogens (tertiary/aromatic N) is 1. The number of hydrogen-bond donors (Lipinski definition) is 2. The zero-order valence-corrected chi connectivity index (χ0v) is 12.4. The maximum absolute atomic E-state index is 12.0. The van der Waals surface area contributed by atoms with Crippen molar-refractivity contribution >= 4 is 11.7 Å². The predicted molar refractivity (Wildman–Crippen MR) is 80.2 cm³/mol. The highest BCUT2D eigenvalue weighted by atomic mass is 16.5. The summed E-state index contributed by atoms with van der Waals surface area (Å²) in [6.07, 6.45) is 2.04. The lowest BCUT2D eigenvalue weighted by Gasteiger charge is -2.24. The van der Waals surface area contributed by atoms with Gasteiger partial charge < -0.3 is 20.1 Å². The second-order valence-electron chi connectivity index (χ2n) is 4.77. The average molecular weight is 280 g/mol. The van der Waals surface area contributed by atoms with Crippen LogP contribution in [0.1, 0.15) is 26.7 Å². The number of benzene rings is 1. The van der Waals surface area contributed by atoms with Gasteiger partial charge in [0.25, 0.3) is 0 Å². The molecule has 0 radical (unpaired) electrons. The monoisotopic (exact) mass is 280 g/mol. The number of hydrogen-bond acceptors (Lipinski definition) is 3. The van der Waals surface area contributed by atoms with E-state index in [-0.39, 0.29) is 18.7 Å². The highest BCUT2D eigenvalue weighted by Crippen LogP contribution is 2.24. The molecule has 20 heavy (non-hydrogen) atoms. The van der Waals surface area contributed by atoms with Gasteiger partial charge in [-0.1, -0.05) is 25.5 Å². The van der Waals surface area contributed by atoms with Crippen molar-refractivity contribution in [3.8, 4) is 5.75 Å². The van der Waals surface area contributed by atoms with Crippen LogP contribution < -0.4 is 10.1 Å². The fourth-order valence-electron chi connectivity index (χ4n) is 1.55. The van der Waals surface area contributed by atoms with Crippen LogP contribution in [0, 0.1) is 0 Å². The maximum atomic E-state index is 12.0. The number of rotatable bonds is 7. The molecule has 1 atom stereocenters. The Morgan fingerprint density at radius 2 is 2.15 bits per heavy atom. The Kier molecular flexibility index (Phi) is 6.87. The molecule has 1 rings (SSSR count). The van der Waals surface area contributed by atoms with Crippen molar-refractivity contribution in [2.24, 2.45) is 0 Å². The Balaban J connectivity index is 2.69. The standard InChI is InChI=1S/C15H24N2O3/c1-4-5-10-20-14-9-7-6-8-13(14)16-15(19)17(3)12(2)11-18/h6-9,12,18H,4-5,10-11H2,1-3H3,(H,16,19). The number of amides is 2. The molecule has 1 aromatic carbocycles. The summed E-state index contributed by atoms with van der Waals surface area (Å²) in [5.74, 6) is 0.666. The van der Waals surface area contributed by atoms with E-state index in [1.54, 1.807) is 20.0 Å². The van der Waals surface area contributed by atoms with Gasteiger partial charge >= 0.3 is 6.03 Å². The predicted octanol–water partition coefficient (Wildman–Crippen LogP) is 2.71. The van der Waals surface area contributed by atoms with E-state index in [0.717, 1.165) is 12.8 Å². The molecule has 0 aliphatic carbocycles. The van der Waals surface area contributed by atoms with Crippen molar-refractivity contribution in [3.63, 3.8) is 0 Å². The topological polar surface area (TPSA) is 61.8 Å². The lowest BCUT2D eigenvalue weighted by atomic mass is 10.3. The lowest BCUT2D eigenvalue weighted by molar-refractivity contribution is 0.166. The zero-order valence-electron chi connectivity index (χ0n) is 12.4. The number of aliphatic hydroxyl groups is 1. The Labute approximate surface area is 120 Å². The molecule has 0 heterocycles. The number of nitrogens with one attached hydrogen (secondary N) is 1. The molecule has 0 aliphatic rings. The molecule has 112 valence electrons. The summed E-state index contributed by atoms with van der Waals surface area (Å²) >= 11 is 0. The van der Waals surface area contributed by atoms with E-state index in [0.29, 0.717) is 18.0 Å². The van der Waals surface area contributed by atoms with Crippen LogP contribution in [-0.2, 0) is 0 Å². The van der Waals surface area contributed by atoms with Crippen LogP contribution in [0.4, 0.5) is 10.5 Å². The number of carbonyl (C=O) groups excluding carboxylic acids is 1. The van der Waals surface area contributed by atoms with Crippen molar-refractivity contribution in [2.45, 2.75) is 32.7 Å². The third kappa shape index (κ3) is 4.74. The number of aliphatic hydroxyl groups excluding tert-OH is 1. The Hall–Kier alpha value is -1.75. The van der Waals surface area contributed by atoms with Gasteiger partial charge in [0, 0.05) is 7.05 Å². The van der Waals surface area contributed by atoms with Gasteiger partial charge in [-0.25, -0.2) is 4.79 Å². The molecular weight excluding hydrogens is 256 g/mol. The minimum absolute atomic E-state index is 0.0709. The van der Waals surface area contributed by atoms with E-state index < -0.39 is 0 Å². The summed E-state index contributed by atoms with van der Waals surface area (Å²) < 4.78 is 5.66. The van der Waals surface area contributed by atoms with E-state index in [2.05, 4.69) is 12.2 Å². The number of anilines is 1. The van der Waals surface area contributed by atoms with E-state index in [1.807, 2.05) is 18.2 Å². The molecule has 2 amide bonds. The minimum atomic E-state index is -0.266. The van der Waals surface area contributed by atoms with E-state index in [1.165, 1.54) is 4.90 Å². The molecule has 0 spiro atoms. The number of ether oxygens (including phenoxy) is 1. The van der Waals surface area contributed by atoms with Crippen molar-refractivity contribution in [3.05, 3.63) is 24.3 Å². The fraction of sp³-hybridized carbons (Fsp3) is 0.533. The quantitative estimate of drug-likeness (QED) is 0.755. The Bertz CT molecular complexity index is 423. The van der Waals surface area contributed by atoms with Crippen LogP contribution in [0.15, 0.2) is 24.3 Å². The summed E-state index contributed by atoms with van der Waals surface area (Å²) in [4.78, 5) is 13.5. The molecule has 5 heteroatoms. The van der Waals surface area contributed by atoms with E-state index in [4.69, 9.17) is 9.84 Å². The number of urea groups is 1. The number of likely N-dealkylation sites (N-methyl/N-ethyl adjacent to an activating group) is 1. The van der Waals surface area contributed by atoms with Gasteiger partial charge in [0.05, 0.1) is 24.9 Å². The molecule has 5 nitrogen and oxygen atoms in total. The first kappa shape index (κ1) is 16.3. The van der Waals surface area contributed by atoms with Crippen LogP contribution >= 0.6 is 0 Å². The van der Waals surface area contributed by atoms with Gasteiger partial charge in [0.15, 0.2) is 0 Å². The number of carbonyl (C=O) groups is 1. The van der Waals surface area contributed by atoms with E-state index >= 15 is 0 Å². The summed E-state index contributed by atoms with van der Waals surface area (Å²) in [6, 6.07) is 6.85. The van der Waals surface area contributed by atoms with Gasteiger partial charge in [-0.05, 0) is 25.5 Å². The average Bonchev–Trinajstić information content (AvgIpc) is 2.47. The van der Waals surface area contributed by atoms with Gasteiger partial charge in [-0.3, -0.25) is 0 Å². The van der Waals surface area contributed by atoms with Crippen LogP contribution in [0.3, 0.4) is 0 Å². The molecular formula is C15H24N2O3. The minimum Gasteiger partial charge on any atom is -0.491 e. The molecule has 0 aliphatic heterocycles. The van der Waals surface area contributed by atoms with Gasteiger partial charge in [0.2, 0.25) is 0 Å². The SMILES string of the molecule is CCCCOc1ccccc1NC(=O)N(C)C(C)CO. The van der Waals surface area contributed by atoms with Crippen molar-refractivity contribution in [1.29, 1.82) is 0 Å². The Morgan fingerprint density at radius 3 is 2.80 bits per heavy atom. The van der Waals surface area contributed by atoms with Crippen LogP contribution in [0.25, 0.3) is 0 Å². The van der Waals surface area contributed by atoms with Crippen molar-refractivity contribution in [2.75, 3.05) is 25.6 Å². The third-order valence-corrected chi connectivity index (χ3v) is 3.13. The molecule has 0 aromatic heterocycles. The van der Waals surface area contributed by atoms with Crippen LogP contribution in [0.5, 0.6) is 5.75 Å². The van der Waals surface area contributed by atoms with E-state index in [9.17, 15) is 4.79 Å². The summed E-state index contributed by atoms with van der Waals surface area (Å²) in [5, 5.41) is 11.9. The van der Waals surface area contributed by atoms with Gasteiger partial charge in [-0.15, -0.1) is 0 Å². The highest BCUT2D eigenvalue weighted by Gasteiger charge is 2.16. The smallest absolute Gasteiger partial charge is 0.322 e. The first-order chi connectivity index (χ1) is 9.60. The molecule has 0 saturated heterocycles. The second-order valence-corrected chi connectivity index (χ2v) is 4.77.